The number of piperidine rings is 4. The summed E-state index contributed by atoms with van der Waals surface area (Å²) in [5.74, 6) is -0.617. The van der Waals surface area contributed by atoms with Gasteiger partial charge >= 0.3 is 0 Å². The molecule has 4 fully saturated rings. The Kier molecular flexibility index (Phi) is 12.9. The Bertz CT molecular complexity index is 2130. The van der Waals surface area contributed by atoms with Crippen LogP contribution in [0, 0.1) is 0 Å². The van der Waals surface area contributed by atoms with E-state index in [-0.39, 0.29) is 66.6 Å². The van der Waals surface area contributed by atoms with Gasteiger partial charge in [-0.3, -0.25) is 49.1 Å². The Balaban J connectivity index is 0.000000186. The van der Waals surface area contributed by atoms with Crippen LogP contribution >= 0.6 is 12.4 Å². The van der Waals surface area contributed by atoms with Crippen LogP contribution in [0.15, 0.2) is 66.7 Å². The van der Waals surface area contributed by atoms with Gasteiger partial charge in [-0.05, 0) is 123 Å². The standard InChI is InChI=1S/C26H28N4O4.C18H21N3O3.ClH/c31-23-9-8-22(25(33)28-23)30-15-19-14-18(6-7-21(19)26(30)34)17-10-12-29(13-11-17)16-24(32)27-20-4-2-1-3-5-20;22-16-4-3-15(17(23)20-16)21-10-13-9-12(1-2-14(13)18(21)24)11-5-7-19-8-6-11;/h1-7,14,17,22H,8-13,15-16H2,(H,27,32)(H,28,31,33);1-2,9,11,15,19H,3-8,10H2,(H,20,22,23);1H. The summed E-state index contributed by atoms with van der Waals surface area (Å²) in [5.41, 5.74) is 6.57. The maximum Gasteiger partial charge on any atom is 0.255 e. The minimum Gasteiger partial charge on any atom is -0.325 e. The molecule has 6 aliphatic heterocycles. The molecule has 6 aliphatic rings. The molecule has 59 heavy (non-hydrogen) atoms. The zero-order valence-corrected chi connectivity index (χ0v) is 33.7. The molecule has 0 aliphatic carbocycles. The van der Waals surface area contributed by atoms with Gasteiger partial charge in [0, 0.05) is 42.7 Å². The average molecular weight is 824 g/mol. The SMILES string of the molecule is Cl.O=C1CCC(N2Cc3cc(C4CCN(CC(=O)Nc5ccccc5)CC4)ccc3C2=O)C(=O)N1.O=C1CCC(N2Cc3cc(C4CCNCC4)ccc3C2=O)C(=O)N1. The smallest absolute Gasteiger partial charge is 0.255 e. The first-order chi connectivity index (χ1) is 28.1. The van der Waals surface area contributed by atoms with Gasteiger partial charge < -0.3 is 20.4 Å². The number of fused-ring (bicyclic) bond motifs is 2. The van der Waals surface area contributed by atoms with Crippen molar-refractivity contribution in [3.63, 3.8) is 0 Å². The lowest BCUT2D eigenvalue weighted by Gasteiger charge is -2.31. The van der Waals surface area contributed by atoms with Gasteiger partial charge in [-0.2, -0.15) is 0 Å². The molecule has 4 saturated heterocycles. The van der Waals surface area contributed by atoms with Crippen molar-refractivity contribution in [3.8, 4) is 0 Å². The van der Waals surface area contributed by atoms with Gasteiger partial charge in [-0.25, -0.2) is 0 Å². The molecule has 15 heteroatoms. The van der Waals surface area contributed by atoms with Crippen LogP contribution in [-0.4, -0.2) is 101 Å². The second-order valence-corrected chi connectivity index (χ2v) is 16.1. The number of hydrogen-bond acceptors (Lipinski definition) is 9. The van der Waals surface area contributed by atoms with Crippen LogP contribution in [-0.2, 0) is 37.1 Å². The molecule has 6 heterocycles. The fourth-order valence-electron chi connectivity index (χ4n) is 9.20. The van der Waals surface area contributed by atoms with Crippen molar-refractivity contribution in [1.29, 1.82) is 0 Å². The van der Waals surface area contributed by atoms with Gasteiger partial charge in [0.15, 0.2) is 0 Å². The number of carbonyl (C=O) groups is 7. The van der Waals surface area contributed by atoms with Gasteiger partial charge in [-0.1, -0.05) is 42.5 Å². The Morgan fingerprint density at radius 3 is 1.61 bits per heavy atom. The number of rotatable bonds is 7. The molecular weight excluding hydrogens is 774 g/mol. The van der Waals surface area contributed by atoms with E-state index in [4.69, 9.17) is 0 Å². The first-order valence-electron chi connectivity index (χ1n) is 20.4. The Hall–Kier alpha value is -5.44. The third-order valence-electron chi connectivity index (χ3n) is 12.4. The molecule has 0 saturated carbocycles. The average Bonchev–Trinajstić information content (AvgIpc) is 3.73. The number of hydrogen-bond donors (Lipinski definition) is 4. The summed E-state index contributed by atoms with van der Waals surface area (Å²) in [4.78, 5) is 90.4. The Morgan fingerprint density at radius 2 is 1.12 bits per heavy atom. The zero-order valence-electron chi connectivity index (χ0n) is 32.9. The van der Waals surface area contributed by atoms with E-state index in [2.05, 4.69) is 44.4 Å². The van der Waals surface area contributed by atoms with E-state index in [0.717, 1.165) is 68.7 Å². The number of nitrogens with zero attached hydrogens (tertiary/aromatic N) is 3. The summed E-state index contributed by atoms with van der Waals surface area (Å²) in [5, 5.41) is 11.0. The van der Waals surface area contributed by atoms with Crippen LogP contribution in [0.3, 0.4) is 0 Å². The quantitative estimate of drug-likeness (QED) is 0.260. The predicted octanol–water partition coefficient (Wildman–Crippen LogP) is 3.60. The van der Waals surface area contributed by atoms with Crippen LogP contribution in [0.5, 0.6) is 0 Å². The Labute approximate surface area is 349 Å². The molecule has 3 aromatic rings. The molecule has 2 atom stereocenters. The maximum atomic E-state index is 12.9. The molecule has 14 nitrogen and oxygen atoms in total. The number of imide groups is 2. The number of likely N-dealkylation sites (tertiary alicyclic amines) is 1. The normalized spacial score (nSPS) is 22.4. The number of para-hydroxylation sites is 1. The first kappa shape index (κ1) is 41.7. The fraction of sp³-hybridized carbons (Fsp3) is 0.432. The minimum absolute atomic E-state index is 0. The highest BCUT2D eigenvalue weighted by Crippen LogP contribution is 2.35. The summed E-state index contributed by atoms with van der Waals surface area (Å²) >= 11 is 0. The van der Waals surface area contributed by atoms with Crippen molar-refractivity contribution >= 4 is 59.4 Å². The molecule has 2 unspecified atom stereocenters. The molecule has 0 aromatic heterocycles. The van der Waals surface area contributed by atoms with E-state index in [1.165, 1.54) is 11.1 Å². The lowest BCUT2D eigenvalue weighted by Crippen LogP contribution is -2.52. The third kappa shape index (κ3) is 9.24. The molecule has 0 radical (unpaired) electrons. The number of halogens is 1. The highest BCUT2D eigenvalue weighted by Gasteiger charge is 2.41. The van der Waals surface area contributed by atoms with Gasteiger partial charge in [-0.15, -0.1) is 12.4 Å². The molecule has 7 amide bonds. The molecule has 0 bridgehead atoms. The second kappa shape index (κ2) is 18.2. The highest BCUT2D eigenvalue weighted by atomic mass is 35.5. The second-order valence-electron chi connectivity index (χ2n) is 16.1. The van der Waals surface area contributed by atoms with Crippen molar-refractivity contribution in [3.05, 3.63) is 100 Å². The van der Waals surface area contributed by atoms with E-state index >= 15 is 0 Å². The van der Waals surface area contributed by atoms with Crippen LogP contribution in [0.25, 0.3) is 0 Å². The van der Waals surface area contributed by atoms with Crippen LogP contribution < -0.4 is 21.3 Å². The van der Waals surface area contributed by atoms with E-state index in [0.29, 0.717) is 55.4 Å². The number of benzene rings is 3. The van der Waals surface area contributed by atoms with Crippen LogP contribution in [0.4, 0.5) is 5.69 Å². The van der Waals surface area contributed by atoms with Crippen molar-refractivity contribution in [2.45, 2.75) is 88.4 Å². The fourth-order valence-corrected chi connectivity index (χ4v) is 9.20. The number of anilines is 1. The summed E-state index contributed by atoms with van der Waals surface area (Å²) in [6, 6.07) is 20.4. The first-order valence-corrected chi connectivity index (χ1v) is 20.4. The van der Waals surface area contributed by atoms with Crippen molar-refractivity contribution in [2.24, 2.45) is 0 Å². The monoisotopic (exact) mass is 823 g/mol. The zero-order chi connectivity index (χ0) is 40.3. The Morgan fingerprint density at radius 1 is 0.627 bits per heavy atom. The van der Waals surface area contributed by atoms with Gasteiger partial charge in [0.05, 0.1) is 6.54 Å². The minimum atomic E-state index is -0.591. The van der Waals surface area contributed by atoms with E-state index in [1.54, 1.807) is 9.80 Å². The molecule has 0 spiro atoms. The summed E-state index contributed by atoms with van der Waals surface area (Å²) in [7, 11) is 0. The van der Waals surface area contributed by atoms with Crippen LogP contribution in [0.2, 0.25) is 0 Å². The molecular formula is C44H50ClN7O7. The van der Waals surface area contributed by atoms with E-state index in [1.807, 2.05) is 48.5 Å². The maximum absolute atomic E-state index is 12.9. The number of amides is 7. The van der Waals surface area contributed by atoms with Gasteiger partial charge in [0.25, 0.3) is 11.8 Å². The number of carbonyl (C=O) groups excluding carboxylic acids is 7. The molecule has 310 valence electrons. The summed E-state index contributed by atoms with van der Waals surface area (Å²) in [6.07, 6.45) is 5.44. The third-order valence-corrected chi connectivity index (χ3v) is 12.4. The van der Waals surface area contributed by atoms with Crippen molar-refractivity contribution in [1.82, 2.24) is 30.7 Å². The van der Waals surface area contributed by atoms with E-state index < -0.39 is 12.1 Å². The number of nitrogens with one attached hydrogen (secondary N) is 4. The van der Waals surface area contributed by atoms with Crippen molar-refractivity contribution in [2.75, 3.05) is 38.0 Å². The topological polar surface area (TPSA) is 177 Å². The largest absolute Gasteiger partial charge is 0.325 e. The predicted molar refractivity (Wildman–Crippen MR) is 221 cm³/mol. The van der Waals surface area contributed by atoms with Gasteiger partial charge in [0.1, 0.15) is 12.1 Å². The van der Waals surface area contributed by atoms with E-state index in [9.17, 15) is 33.6 Å². The lowest BCUT2D eigenvalue weighted by atomic mass is 9.88. The lowest BCUT2D eigenvalue weighted by molar-refractivity contribution is -0.138. The molecule has 3 aromatic carbocycles. The van der Waals surface area contributed by atoms with Crippen LogP contribution in [0.1, 0.15) is 106 Å². The van der Waals surface area contributed by atoms with Crippen molar-refractivity contribution < 1.29 is 33.6 Å². The summed E-state index contributed by atoms with van der Waals surface area (Å²) < 4.78 is 0. The molecule has 9 rings (SSSR count). The molecule has 4 N–H and O–H groups in total. The highest BCUT2D eigenvalue weighted by molar-refractivity contribution is 6.06. The summed E-state index contributed by atoms with van der Waals surface area (Å²) in [6.45, 7) is 4.97. The van der Waals surface area contributed by atoms with Gasteiger partial charge in [0.2, 0.25) is 29.5 Å².